The first-order valence-corrected chi connectivity index (χ1v) is 8.40. The molecule has 5 nitrogen and oxygen atoms in total. The monoisotopic (exact) mass is 400 g/mol. The molecule has 0 bridgehead atoms. The van der Waals surface area contributed by atoms with E-state index in [4.69, 9.17) is 39.5 Å². The van der Waals surface area contributed by atoms with Crippen molar-refractivity contribution in [2.75, 3.05) is 20.2 Å². The molecule has 0 aliphatic carbocycles. The summed E-state index contributed by atoms with van der Waals surface area (Å²) in [6, 6.07) is 9.37. The average molecular weight is 402 g/mol. The lowest BCUT2D eigenvalue weighted by molar-refractivity contribution is 0.0926. The fourth-order valence-electron chi connectivity index (χ4n) is 2.07. The van der Waals surface area contributed by atoms with Crippen LogP contribution < -0.4 is 15.4 Å². The van der Waals surface area contributed by atoms with Gasteiger partial charge in [0.1, 0.15) is 5.75 Å². The summed E-state index contributed by atoms with van der Waals surface area (Å²) in [5.74, 6) is -0.284. The van der Waals surface area contributed by atoms with Crippen LogP contribution in [0.5, 0.6) is 5.75 Å². The van der Waals surface area contributed by atoms with Gasteiger partial charge in [-0.1, -0.05) is 34.8 Å². The minimum absolute atomic E-state index is 0.228. The molecule has 0 unspecified atom stereocenters. The topological polar surface area (TPSA) is 67.4 Å². The van der Waals surface area contributed by atoms with E-state index in [9.17, 15) is 9.59 Å². The van der Waals surface area contributed by atoms with E-state index in [2.05, 4.69) is 10.6 Å². The third-order valence-corrected chi connectivity index (χ3v) is 4.06. The fraction of sp³-hybridized carbons (Fsp3) is 0.176. The van der Waals surface area contributed by atoms with Gasteiger partial charge in [0.25, 0.3) is 11.8 Å². The van der Waals surface area contributed by atoms with Crippen molar-refractivity contribution in [2.45, 2.75) is 0 Å². The molecule has 0 saturated carbocycles. The Bertz CT molecular complexity index is 797. The summed E-state index contributed by atoms with van der Waals surface area (Å²) in [6.45, 7) is 0.456. The van der Waals surface area contributed by atoms with Crippen molar-refractivity contribution in [3.05, 3.63) is 62.6 Å². The number of hydrogen-bond acceptors (Lipinski definition) is 3. The predicted molar refractivity (Wildman–Crippen MR) is 99.1 cm³/mol. The van der Waals surface area contributed by atoms with E-state index < -0.39 is 0 Å². The van der Waals surface area contributed by atoms with E-state index in [1.165, 1.54) is 25.3 Å². The van der Waals surface area contributed by atoms with Crippen LogP contribution in [0.25, 0.3) is 0 Å². The van der Waals surface area contributed by atoms with E-state index >= 15 is 0 Å². The number of ether oxygens (including phenoxy) is 1. The molecular formula is C17H15Cl3N2O3. The van der Waals surface area contributed by atoms with Crippen molar-refractivity contribution in [3.63, 3.8) is 0 Å². The quantitative estimate of drug-likeness (QED) is 0.723. The Kier molecular flexibility index (Phi) is 6.93. The highest BCUT2D eigenvalue weighted by Crippen LogP contribution is 2.22. The Morgan fingerprint density at radius 2 is 1.44 bits per heavy atom. The Morgan fingerprint density at radius 3 is 2.04 bits per heavy atom. The molecule has 25 heavy (non-hydrogen) atoms. The highest BCUT2D eigenvalue weighted by molar-refractivity contribution is 6.36. The van der Waals surface area contributed by atoms with Gasteiger partial charge in [-0.05, 0) is 36.4 Å². The molecule has 2 aromatic rings. The van der Waals surface area contributed by atoms with Gasteiger partial charge in [-0.3, -0.25) is 9.59 Å². The molecule has 8 heteroatoms. The normalized spacial score (nSPS) is 10.2. The van der Waals surface area contributed by atoms with Gasteiger partial charge in [0.15, 0.2) is 0 Å². The van der Waals surface area contributed by atoms with Gasteiger partial charge >= 0.3 is 0 Å². The van der Waals surface area contributed by atoms with Crippen LogP contribution in [0.3, 0.4) is 0 Å². The van der Waals surface area contributed by atoms with E-state index in [1.54, 1.807) is 18.2 Å². The molecule has 2 rings (SSSR count). The number of rotatable bonds is 6. The lowest BCUT2D eigenvalue weighted by Crippen LogP contribution is -2.34. The molecule has 2 amide bonds. The average Bonchev–Trinajstić information content (AvgIpc) is 2.58. The summed E-state index contributed by atoms with van der Waals surface area (Å²) >= 11 is 17.7. The third kappa shape index (κ3) is 5.26. The molecule has 0 aliphatic rings. The molecule has 0 atom stereocenters. The zero-order valence-electron chi connectivity index (χ0n) is 13.2. The third-order valence-electron chi connectivity index (χ3n) is 3.28. The molecule has 2 N–H and O–H groups in total. The second-order valence-electron chi connectivity index (χ2n) is 4.98. The summed E-state index contributed by atoms with van der Waals surface area (Å²) in [7, 11) is 1.47. The highest BCUT2D eigenvalue weighted by atomic mass is 35.5. The lowest BCUT2D eigenvalue weighted by Gasteiger charge is -2.11. The fourth-order valence-corrected chi connectivity index (χ4v) is 2.74. The Balaban J connectivity index is 1.87. The SMILES string of the molecule is COc1ccc(Cl)cc1C(=O)NCCNC(=O)c1ccc(Cl)cc1Cl. The molecule has 2 aromatic carbocycles. The molecule has 0 heterocycles. The molecule has 0 spiro atoms. The second kappa shape index (κ2) is 8.94. The van der Waals surface area contributed by atoms with Crippen LogP contribution in [0, 0.1) is 0 Å². The van der Waals surface area contributed by atoms with Gasteiger partial charge < -0.3 is 15.4 Å². The maximum Gasteiger partial charge on any atom is 0.255 e. The van der Waals surface area contributed by atoms with E-state index in [1.807, 2.05) is 0 Å². The van der Waals surface area contributed by atoms with Crippen molar-refractivity contribution in [1.29, 1.82) is 0 Å². The molecular weight excluding hydrogens is 387 g/mol. The summed E-state index contributed by atoms with van der Waals surface area (Å²) in [6.07, 6.45) is 0. The Morgan fingerprint density at radius 1 is 0.880 bits per heavy atom. The van der Waals surface area contributed by atoms with Crippen molar-refractivity contribution < 1.29 is 14.3 Å². The number of carbonyl (C=O) groups is 2. The molecule has 0 radical (unpaired) electrons. The number of halogens is 3. The maximum atomic E-state index is 12.2. The van der Waals surface area contributed by atoms with E-state index in [-0.39, 0.29) is 29.9 Å². The van der Waals surface area contributed by atoms with Crippen LogP contribution in [0.15, 0.2) is 36.4 Å². The van der Waals surface area contributed by atoms with Crippen LogP contribution in [0.2, 0.25) is 15.1 Å². The van der Waals surface area contributed by atoms with Gasteiger partial charge in [0.2, 0.25) is 0 Å². The number of hydrogen-bond donors (Lipinski definition) is 2. The van der Waals surface area contributed by atoms with Gasteiger partial charge in [-0.2, -0.15) is 0 Å². The van der Waals surface area contributed by atoms with Crippen LogP contribution in [-0.2, 0) is 0 Å². The largest absolute Gasteiger partial charge is 0.496 e. The summed E-state index contributed by atoms with van der Waals surface area (Å²) < 4.78 is 5.13. The molecule has 0 aliphatic heterocycles. The predicted octanol–water partition coefficient (Wildman–Crippen LogP) is 3.82. The van der Waals surface area contributed by atoms with Crippen LogP contribution in [0.1, 0.15) is 20.7 Å². The summed E-state index contributed by atoms with van der Waals surface area (Å²) in [5.41, 5.74) is 0.635. The van der Waals surface area contributed by atoms with Crippen molar-refractivity contribution in [3.8, 4) is 5.75 Å². The van der Waals surface area contributed by atoms with E-state index in [0.717, 1.165) is 0 Å². The van der Waals surface area contributed by atoms with Gasteiger partial charge in [-0.25, -0.2) is 0 Å². The minimum Gasteiger partial charge on any atom is -0.496 e. The zero-order valence-corrected chi connectivity index (χ0v) is 15.5. The highest BCUT2D eigenvalue weighted by Gasteiger charge is 2.13. The number of methoxy groups -OCH3 is 1. The van der Waals surface area contributed by atoms with Gasteiger partial charge in [-0.15, -0.1) is 0 Å². The number of carbonyl (C=O) groups excluding carboxylic acids is 2. The van der Waals surface area contributed by atoms with Crippen LogP contribution in [0.4, 0.5) is 0 Å². The van der Waals surface area contributed by atoms with Crippen molar-refractivity contribution in [2.24, 2.45) is 0 Å². The zero-order chi connectivity index (χ0) is 18.4. The van der Waals surface area contributed by atoms with Crippen molar-refractivity contribution in [1.82, 2.24) is 10.6 Å². The van der Waals surface area contributed by atoms with Crippen LogP contribution >= 0.6 is 34.8 Å². The number of benzene rings is 2. The number of amides is 2. The van der Waals surface area contributed by atoms with Gasteiger partial charge in [0.05, 0.1) is 23.3 Å². The van der Waals surface area contributed by atoms with E-state index in [0.29, 0.717) is 26.9 Å². The first-order valence-electron chi connectivity index (χ1n) is 7.27. The summed E-state index contributed by atoms with van der Waals surface area (Å²) in [4.78, 5) is 24.2. The molecule has 0 saturated heterocycles. The first kappa shape index (κ1) is 19.4. The second-order valence-corrected chi connectivity index (χ2v) is 6.26. The minimum atomic E-state index is -0.351. The smallest absolute Gasteiger partial charge is 0.255 e. The van der Waals surface area contributed by atoms with Crippen molar-refractivity contribution >= 4 is 46.6 Å². The maximum absolute atomic E-state index is 12.2. The Hall–Kier alpha value is -1.95. The van der Waals surface area contributed by atoms with Gasteiger partial charge in [0, 0.05) is 23.1 Å². The Labute approximate surface area is 160 Å². The molecule has 0 fully saturated rings. The molecule has 0 aromatic heterocycles. The standard InChI is InChI=1S/C17H15Cl3N2O3/c1-25-15-5-3-10(18)8-13(15)17(24)22-7-6-21-16(23)12-4-2-11(19)9-14(12)20/h2-5,8-9H,6-7H2,1H3,(H,21,23)(H,22,24). The summed E-state index contributed by atoms with van der Waals surface area (Å²) in [5, 5.41) is 6.49. The number of nitrogens with one attached hydrogen (secondary N) is 2. The first-order chi connectivity index (χ1) is 11.9. The lowest BCUT2D eigenvalue weighted by atomic mass is 10.2. The molecule has 132 valence electrons. The van der Waals surface area contributed by atoms with Crippen LogP contribution in [-0.4, -0.2) is 32.0 Å².